The normalized spacial score (nSPS) is 10.3. The molecule has 0 spiro atoms. The van der Waals surface area contributed by atoms with Crippen LogP contribution in [0.1, 0.15) is 26.4 Å². The van der Waals surface area contributed by atoms with Gasteiger partial charge in [0, 0.05) is 30.6 Å². The Morgan fingerprint density at radius 2 is 2.09 bits per heavy atom. The summed E-state index contributed by atoms with van der Waals surface area (Å²) >= 11 is 0. The number of carbonyl (C=O) groups is 2. The van der Waals surface area contributed by atoms with Gasteiger partial charge < -0.3 is 10.4 Å². The summed E-state index contributed by atoms with van der Waals surface area (Å²) in [6, 6.07) is 4.19. The number of carboxylic acid groups (broad SMARTS) is 1. The third kappa shape index (κ3) is 2.92. The highest BCUT2D eigenvalue weighted by Crippen LogP contribution is 2.22. The van der Waals surface area contributed by atoms with Crippen LogP contribution in [0.15, 0.2) is 24.4 Å². The van der Waals surface area contributed by atoms with Crippen LogP contribution in [0, 0.1) is 17.0 Å². The van der Waals surface area contributed by atoms with Crippen LogP contribution in [-0.4, -0.2) is 31.7 Å². The van der Waals surface area contributed by atoms with Crippen molar-refractivity contribution in [3.8, 4) is 0 Å². The van der Waals surface area contributed by atoms with E-state index in [-0.39, 0.29) is 22.6 Å². The van der Waals surface area contributed by atoms with Crippen LogP contribution in [0.3, 0.4) is 0 Å². The number of rotatable bonds is 4. The summed E-state index contributed by atoms with van der Waals surface area (Å²) in [5.74, 6) is -2.04. The summed E-state index contributed by atoms with van der Waals surface area (Å²) in [5.41, 5.74) is -0.0199. The van der Waals surface area contributed by atoms with Gasteiger partial charge in [0.25, 0.3) is 11.6 Å². The van der Waals surface area contributed by atoms with Gasteiger partial charge in [-0.2, -0.15) is 5.10 Å². The molecule has 1 aromatic carbocycles. The lowest BCUT2D eigenvalue weighted by Gasteiger charge is -2.05. The Labute approximate surface area is 124 Å². The van der Waals surface area contributed by atoms with Gasteiger partial charge in [-0.25, -0.2) is 4.79 Å². The number of nitrogens with zero attached hydrogens (tertiary/aromatic N) is 3. The maximum absolute atomic E-state index is 12.1. The number of benzene rings is 1. The molecule has 22 heavy (non-hydrogen) atoms. The van der Waals surface area contributed by atoms with Gasteiger partial charge >= 0.3 is 5.97 Å². The fraction of sp³-hybridized carbons (Fsp3) is 0.154. The Bertz CT molecular complexity index is 781. The van der Waals surface area contributed by atoms with Gasteiger partial charge in [-0.15, -0.1) is 0 Å². The van der Waals surface area contributed by atoms with Crippen LogP contribution in [-0.2, 0) is 7.05 Å². The maximum Gasteiger partial charge on any atom is 0.339 e. The molecule has 2 aromatic rings. The Hall–Kier alpha value is -3.23. The zero-order valence-corrected chi connectivity index (χ0v) is 11.7. The molecule has 0 aliphatic carbocycles. The van der Waals surface area contributed by atoms with E-state index in [0.717, 1.165) is 0 Å². The number of aromatic nitrogens is 2. The molecule has 2 rings (SSSR count). The van der Waals surface area contributed by atoms with E-state index in [1.54, 1.807) is 6.92 Å². The Balaban J connectivity index is 2.32. The molecule has 1 aromatic heterocycles. The largest absolute Gasteiger partial charge is 0.478 e. The zero-order valence-electron chi connectivity index (χ0n) is 11.7. The molecular formula is C13H12N4O5. The van der Waals surface area contributed by atoms with Crippen LogP contribution in [0.4, 0.5) is 11.4 Å². The van der Waals surface area contributed by atoms with E-state index in [2.05, 4.69) is 10.4 Å². The van der Waals surface area contributed by atoms with Crippen molar-refractivity contribution in [1.82, 2.24) is 9.78 Å². The summed E-state index contributed by atoms with van der Waals surface area (Å²) in [7, 11) is 1.49. The van der Waals surface area contributed by atoms with E-state index in [9.17, 15) is 19.7 Å². The lowest BCUT2D eigenvalue weighted by molar-refractivity contribution is -0.385. The van der Waals surface area contributed by atoms with Gasteiger partial charge in [0.2, 0.25) is 0 Å². The number of carbonyl (C=O) groups excluding carboxylic acids is 1. The monoisotopic (exact) mass is 304 g/mol. The van der Waals surface area contributed by atoms with Crippen molar-refractivity contribution < 1.29 is 19.6 Å². The quantitative estimate of drug-likeness (QED) is 0.652. The molecule has 1 heterocycles. The van der Waals surface area contributed by atoms with Gasteiger partial charge in [0.15, 0.2) is 5.69 Å². The summed E-state index contributed by atoms with van der Waals surface area (Å²) in [4.78, 5) is 33.5. The van der Waals surface area contributed by atoms with Crippen molar-refractivity contribution in [2.45, 2.75) is 6.92 Å². The molecule has 0 saturated carbocycles. The standard InChI is InChI=1S/C13H12N4O5/c1-7-3-4-8(5-10(7)17(21)22)14-12(18)11-9(13(19)20)6-16(2)15-11/h3-6H,1-2H3,(H,14,18)(H,19,20). The number of carboxylic acids is 1. The number of nitro benzene ring substituents is 1. The predicted molar refractivity (Wildman–Crippen MR) is 76.0 cm³/mol. The molecular weight excluding hydrogens is 292 g/mol. The first-order chi connectivity index (χ1) is 10.3. The lowest BCUT2D eigenvalue weighted by atomic mass is 10.1. The minimum absolute atomic E-state index is 0.141. The molecule has 1 amide bonds. The van der Waals surface area contributed by atoms with E-state index in [1.165, 1.54) is 36.1 Å². The molecule has 0 aliphatic rings. The van der Waals surface area contributed by atoms with Crippen molar-refractivity contribution in [2.24, 2.45) is 7.05 Å². The van der Waals surface area contributed by atoms with E-state index in [1.807, 2.05) is 0 Å². The zero-order chi connectivity index (χ0) is 16.4. The lowest BCUT2D eigenvalue weighted by Crippen LogP contribution is -2.16. The molecule has 0 atom stereocenters. The number of aromatic carboxylic acids is 1. The third-order valence-electron chi connectivity index (χ3n) is 2.94. The summed E-state index contributed by atoms with van der Waals surface area (Å²) in [5, 5.41) is 26.1. The highest BCUT2D eigenvalue weighted by Gasteiger charge is 2.21. The van der Waals surface area contributed by atoms with E-state index < -0.39 is 16.8 Å². The van der Waals surface area contributed by atoms with Crippen LogP contribution in [0.2, 0.25) is 0 Å². The number of anilines is 1. The van der Waals surface area contributed by atoms with Crippen molar-refractivity contribution in [1.29, 1.82) is 0 Å². The number of aryl methyl sites for hydroxylation is 2. The minimum atomic E-state index is -1.28. The second-order valence-corrected chi connectivity index (χ2v) is 4.58. The van der Waals surface area contributed by atoms with Crippen LogP contribution in [0.25, 0.3) is 0 Å². The smallest absolute Gasteiger partial charge is 0.339 e. The fourth-order valence-corrected chi connectivity index (χ4v) is 1.89. The number of hydrogen-bond donors (Lipinski definition) is 2. The van der Waals surface area contributed by atoms with Crippen molar-refractivity contribution >= 4 is 23.3 Å². The first-order valence-corrected chi connectivity index (χ1v) is 6.13. The molecule has 0 saturated heterocycles. The number of amides is 1. The second kappa shape index (κ2) is 5.64. The molecule has 0 radical (unpaired) electrons. The second-order valence-electron chi connectivity index (χ2n) is 4.58. The van der Waals surface area contributed by atoms with Crippen LogP contribution in [0.5, 0.6) is 0 Å². The average Bonchev–Trinajstić information content (AvgIpc) is 2.83. The highest BCUT2D eigenvalue weighted by molar-refractivity contribution is 6.09. The van der Waals surface area contributed by atoms with Gasteiger partial charge in [-0.1, -0.05) is 6.07 Å². The molecule has 114 valence electrons. The molecule has 0 bridgehead atoms. The summed E-state index contributed by atoms with van der Waals surface area (Å²) in [6.07, 6.45) is 1.20. The summed E-state index contributed by atoms with van der Waals surface area (Å²) < 4.78 is 1.20. The topological polar surface area (TPSA) is 127 Å². The Morgan fingerprint density at radius 3 is 2.68 bits per heavy atom. The van der Waals surface area contributed by atoms with Gasteiger partial charge in [0.05, 0.1) is 4.92 Å². The fourth-order valence-electron chi connectivity index (χ4n) is 1.89. The first-order valence-electron chi connectivity index (χ1n) is 6.13. The highest BCUT2D eigenvalue weighted by atomic mass is 16.6. The van der Waals surface area contributed by atoms with Crippen LogP contribution >= 0.6 is 0 Å². The Morgan fingerprint density at radius 1 is 1.41 bits per heavy atom. The van der Waals surface area contributed by atoms with E-state index >= 15 is 0 Å². The van der Waals surface area contributed by atoms with E-state index in [0.29, 0.717) is 5.56 Å². The van der Waals surface area contributed by atoms with E-state index in [4.69, 9.17) is 5.11 Å². The maximum atomic E-state index is 12.1. The number of nitrogens with one attached hydrogen (secondary N) is 1. The number of nitro groups is 1. The summed E-state index contributed by atoms with van der Waals surface area (Å²) in [6.45, 7) is 1.57. The average molecular weight is 304 g/mol. The molecule has 9 nitrogen and oxygen atoms in total. The van der Waals surface area contributed by atoms with Gasteiger partial charge in [-0.3, -0.25) is 19.6 Å². The predicted octanol–water partition coefficient (Wildman–Crippen LogP) is 1.59. The SMILES string of the molecule is Cc1ccc(NC(=O)c2nn(C)cc2C(=O)O)cc1[N+](=O)[O-]. The molecule has 9 heteroatoms. The molecule has 0 unspecified atom stereocenters. The van der Waals surface area contributed by atoms with Crippen molar-refractivity contribution in [3.63, 3.8) is 0 Å². The van der Waals surface area contributed by atoms with Crippen molar-refractivity contribution in [2.75, 3.05) is 5.32 Å². The number of hydrogen-bond acceptors (Lipinski definition) is 5. The molecule has 0 aliphatic heterocycles. The first kappa shape index (κ1) is 15.2. The van der Waals surface area contributed by atoms with Gasteiger partial charge in [-0.05, 0) is 13.0 Å². The Kier molecular flexibility index (Phi) is 3.89. The van der Waals surface area contributed by atoms with Crippen molar-refractivity contribution in [3.05, 3.63) is 51.3 Å². The molecule has 0 fully saturated rings. The van der Waals surface area contributed by atoms with Crippen LogP contribution < -0.4 is 5.32 Å². The minimum Gasteiger partial charge on any atom is -0.478 e. The molecule has 2 N–H and O–H groups in total. The van der Waals surface area contributed by atoms with Gasteiger partial charge in [0.1, 0.15) is 5.56 Å². The third-order valence-corrected chi connectivity index (χ3v) is 2.94.